The van der Waals surface area contributed by atoms with Gasteiger partial charge in [-0.3, -0.25) is 0 Å². The fraction of sp³-hybridized carbons (Fsp3) is 0.857. The van der Waals surface area contributed by atoms with Gasteiger partial charge in [-0.25, -0.2) is 0 Å². The number of hydrogen-bond donors (Lipinski definition) is 0. The first-order valence-corrected chi connectivity index (χ1v) is 5.36. The SMILES string of the molecule is C.CC(C)(C)C/C=C\CCC(C)(C)C. The molecule has 0 rings (SSSR count). The first-order valence-electron chi connectivity index (χ1n) is 5.36. The monoisotopic (exact) mass is 198 g/mol. The molecular weight excluding hydrogens is 168 g/mol. The highest BCUT2D eigenvalue weighted by Gasteiger charge is 2.08. The lowest BCUT2D eigenvalue weighted by Crippen LogP contribution is -2.03. The van der Waals surface area contributed by atoms with Crippen molar-refractivity contribution in [2.24, 2.45) is 10.8 Å². The van der Waals surface area contributed by atoms with Crippen LogP contribution in [0.3, 0.4) is 0 Å². The molecule has 0 radical (unpaired) electrons. The van der Waals surface area contributed by atoms with E-state index in [0.29, 0.717) is 10.8 Å². The van der Waals surface area contributed by atoms with Crippen molar-refractivity contribution in [3.05, 3.63) is 12.2 Å². The van der Waals surface area contributed by atoms with Crippen LogP contribution in [-0.2, 0) is 0 Å². The van der Waals surface area contributed by atoms with Gasteiger partial charge in [0.25, 0.3) is 0 Å². The predicted octanol–water partition coefficient (Wildman–Crippen LogP) is 5.44. The summed E-state index contributed by atoms with van der Waals surface area (Å²) in [6.45, 7) is 13.7. The van der Waals surface area contributed by atoms with Crippen molar-refractivity contribution in [3.8, 4) is 0 Å². The van der Waals surface area contributed by atoms with Gasteiger partial charge in [-0.05, 0) is 30.1 Å². The summed E-state index contributed by atoms with van der Waals surface area (Å²) in [6.07, 6.45) is 8.35. The molecule has 0 unspecified atom stereocenters. The molecule has 0 aliphatic carbocycles. The molecule has 0 saturated carbocycles. The molecule has 0 fully saturated rings. The molecule has 0 heterocycles. The Hall–Kier alpha value is -0.260. The predicted molar refractivity (Wildman–Crippen MR) is 68.6 cm³/mol. The zero-order valence-corrected chi connectivity index (χ0v) is 10.3. The molecule has 0 aromatic carbocycles. The van der Waals surface area contributed by atoms with Crippen molar-refractivity contribution in [1.82, 2.24) is 0 Å². The average Bonchev–Trinajstić information content (AvgIpc) is 1.81. The zero-order valence-electron chi connectivity index (χ0n) is 10.3. The first kappa shape index (κ1) is 16.2. The van der Waals surface area contributed by atoms with E-state index < -0.39 is 0 Å². The van der Waals surface area contributed by atoms with Gasteiger partial charge < -0.3 is 0 Å². The van der Waals surface area contributed by atoms with Gasteiger partial charge in [0.1, 0.15) is 0 Å². The van der Waals surface area contributed by atoms with E-state index in [9.17, 15) is 0 Å². The van der Waals surface area contributed by atoms with E-state index in [-0.39, 0.29) is 7.43 Å². The molecule has 0 aliphatic rings. The summed E-state index contributed by atoms with van der Waals surface area (Å²) in [4.78, 5) is 0. The van der Waals surface area contributed by atoms with Crippen molar-refractivity contribution in [2.75, 3.05) is 0 Å². The third-order valence-corrected chi connectivity index (χ3v) is 1.96. The Morgan fingerprint density at radius 3 is 1.64 bits per heavy atom. The lowest BCUT2D eigenvalue weighted by atomic mass is 9.89. The van der Waals surface area contributed by atoms with E-state index in [0.717, 1.165) is 0 Å². The standard InChI is InChI=1S/C13H26.CH4/c1-12(2,3)10-8-7-9-11-13(4,5)6;/h7-8H,9-11H2,1-6H3;1H4/b8-7-;. The highest BCUT2D eigenvalue weighted by atomic mass is 14.1. The molecule has 0 bridgehead atoms. The minimum atomic E-state index is 0. The summed E-state index contributed by atoms with van der Waals surface area (Å²) in [7, 11) is 0. The molecule has 0 aliphatic heterocycles. The Balaban J connectivity index is 0. The molecule has 0 saturated heterocycles. The molecule has 0 atom stereocenters. The maximum atomic E-state index is 2.33. The first-order chi connectivity index (χ1) is 5.71. The lowest BCUT2D eigenvalue weighted by molar-refractivity contribution is 0.380. The van der Waals surface area contributed by atoms with Crippen molar-refractivity contribution in [1.29, 1.82) is 0 Å². The van der Waals surface area contributed by atoms with E-state index in [1.54, 1.807) is 0 Å². The second-order valence-corrected chi connectivity index (χ2v) is 6.34. The summed E-state index contributed by atoms with van der Waals surface area (Å²) >= 11 is 0. The Bertz CT molecular complexity index is 150. The molecule has 0 spiro atoms. The minimum absolute atomic E-state index is 0. The van der Waals surface area contributed by atoms with Crippen LogP contribution in [0.2, 0.25) is 0 Å². The summed E-state index contributed by atoms with van der Waals surface area (Å²) < 4.78 is 0. The number of rotatable bonds is 3. The average molecular weight is 198 g/mol. The normalized spacial score (nSPS) is 13.0. The van der Waals surface area contributed by atoms with E-state index in [2.05, 4.69) is 53.7 Å². The smallest absolute Gasteiger partial charge is 0.0302 e. The van der Waals surface area contributed by atoms with Crippen molar-refractivity contribution < 1.29 is 0 Å². The molecule has 0 aromatic rings. The minimum Gasteiger partial charge on any atom is -0.0885 e. The van der Waals surface area contributed by atoms with Gasteiger partial charge in [-0.2, -0.15) is 0 Å². The van der Waals surface area contributed by atoms with Crippen LogP contribution in [0.4, 0.5) is 0 Å². The second-order valence-electron chi connectivity index (χ2n) is 6.34. The number of hydrogen-bond acceptors (Lipinski definition) is 0. The van der Waals surface area contributed by atoms with E-state index >= 15 is 0 Å². The summed E-state index contributed by atoms with van der Waals surface area (Å²) in [6, 6.07) is 0. The lowest BCUT2D eigenvalue weighted by Gasteiger charge is -2.17. The molecule has 0 amide bonds. The molecule has 0 aromatic heterocycles. The van der Waals surface area contributed by atoms with E-state index in [4.69, 9.17) is 0 Å². The van der Waals surface area contributed by atoms with Gasteiger partial charge in [0, 0.05) is 0 Å². The van der Waals surface area contributed by atoms with Gasteiger partial charge in [0.05, 0.1) is 0 Å². The maximum Gasteiger partial charge on any atom is -0.0302 e. The fourth-order valence-electron chi connectivity index (χ4n) is 1.07. The summed E-state index contributed by atoms with van der Waals surface area (Å²) in [5.74, 6) is 0. The molecular formula is C14H30. The van der Waals surface area contributed by atoms with Gasteiger partial charge in [0.2, 0.25) is 0 Å². The van der Waals surface area contributed by atoms with Crippen LogP contribution >= 0.6 is 0 Å². The van der Waals surface area contributed by atoms with Crippen molar-refractivity contribution >= 4 is 0 Å². The van der Waals surface area contributed by atoms with Gasteiger partial charge in [0.15, 0.2) is 0 Å². The van der Waals surface area contributed by atoms with Gasteiger partial charge in [-0.15, -0.1) is 0 Å². The maximum absolute atomic E-state index is 2.33. The molecule has 0 nitrogen and oxygen atoms in total. The van der Waals surface area contributed by atoms with Crippen LogP contribution in [-0.4, -0.2) is 0 Å². The van der Waals surface area contributed by atoms with Crippen LogP contribution < -0.4 is 0 Å². The third kappa shape index (κ3) is 14.3. The van der Waals surface area contributed by atoms with Crippen LogP contribution in [0.15, 0.2) is 12.2 Å². The van der Waals surface area contributed by atoms with Crippen LogP contribution in [0, 0.1) is 10.8 Å². The van der Waals surface area contributed by atoms with Crippen molar-refractivity contribution in [2.45, 2.75) is 68.2 Å². The highest BCUT2D eigenvalue weighted by molar-refractivity contribution is 4.86. The van der Waals surface area contributed by atoms with Crippen LogP contribution in [0.25, 0.3) is 0 Å². The molecule has 0 N–H and O–H groups in total. The summed E-state index contributed by atoms with van der Waals surface area (Å²) in [5.41, 5.74) is 0.921. The topological polar surface area (TPSA) is 0 Å². The Labute approximate surface area is 91.8 Å². The molecule has 86 valence electrons. The van der Waals surface area contributed by atoms with E-state index in [1.165, 1.54) is 19.3 Å². The van der Waals surface area contributed by atoms with Crippen LogP contribution in [0.5, 0.6) is 0 Å². The van der Waals surface area contributed by atoms with Crippen LogP contribution in [0.1, 0.15) is 68.2 Å². The Morgan fingerprint density at radius 1 is 0.786 bits per heavy atom. The number of allylic oxidation sites excluding steroid dienone is 2. The quantitative estimate of drug-likeness (QED) is 0.530. The highest BCUT2D eigenvalue weighted by Crippen LogP contribution is 2.22. The van der Waals surface area contributed by atoms with Gasteiger partial charge in [-0.1, -0.05) is 61.1 Å². The zero-order chi connectivity index (χ0) is 10.5. The fourth-order valence-corrected chi connectivity index (χ4v) is 1.07. The molecule has 14 heavy (non-hydrogen) atoms. The second kappa shape index (κ2) is 6.27. The van der Waals surface area contributed by atoms with E-state index in [1.807, 2.05) is 0 Å². The largest absolute Gasteiger partial charge is 0.0885 e. The third-order valence-electron chi connectivity index (χ3n) is 1.96. The Kier molecular flexibility index (Phi) is 7.24. The molecule has 0 heteroatoms. The van der Waals surface area contributed by atoms with Crippen molar-refractivity contribution in [3.63, 3.8) is 0 Å². The Morgan fingerprint density at radius 2 is 1.29 bits per heavy atom. The van der Waals surface area contributed by atoms with Gasteiger partial charge >= 0.3 is 0 Å². The summed E-state index contributed by atoms with van der Waals surface area (Å²) in [5, 5.41) is 0.